The van der Waals surface area contributed by atoms with Gasteiger partial charge in [0, 0.05) is 74.6 Å². The number of anilines is 1. The van der Waals surface area contributed by atoms with Gasteiger partial charge in [-0.05, 0) is 29.8 Å². The van der Waals surface area contributed by atoms with Crippen molar-refractivity contribution in [2.75, 3.05) is 44.2 Å². The van der Waals surface area contributed by atoms with Crippen LogP contribution in [-0.4, -0.2) is 60.0 Å². The first-order valence-corrected chi connectivity index (χ1v) is 13.4. The summed E-state index contributed by atoms with van der Waals surface area (Å²) in [6.45, 7) is 17.5. The Hall–Kier alpha value is -3.00. The minimum atomic E-state index is -0.432. The van der Waals surface area contributed by atoms with Crippen LogP contribution in [0.1, 0.15) is 37.0 Å². The molecule has 1 aromatic carbocycles. The van der Waals surface area contributed by atoms with Crippen LogP contribution in [0.3, 0.4) is 0 Å². The summed E-state index contributed by atoms with van der Waals surface area (Å²) in [6.07, 6.45) is 3.32. The molecule has 0 aliphatic carbocycles. The lowest BCUT2D eigenvalue weighted by Crippen LogP contribution is -2.46. The van der Waals surface area contributed by atoms with E-state index >= 15 is 0 Å². The second-order valence-electron chi connectivity index (χ2n) is 9.32. The van der Waals surface area contributed by atoms with Crippen LogP contribution in [0, 0.1) is 0 Å². The molecule has 0 amide bonds. The third-order valence-corrected chi connectivity index (χ3v) is 6.90. The van der Waals surface area contributed by atoms with Crippen molar-refractivity contribution in [2.45, 2.75) is 40.0 Å². The monoisotopic (exact) mass is 540 g/mol. The summed E-state index contributed by atoms with van der Waals surface area (Å²) < 4.78 is 19.5. The van der Waals surface area contributed by atoms with Gasteiger partial charge in [0.15, 0.2) is 0 Å². The lowest BCUT2D eigenvalue weighted by Gasteiger charge is -2.36. The van der Waals surface area contributed by atoms with E-state index in [0.29, 0.717) is 25.1 Å². The van der Waals surface area contributed by atoms with Crippen molar-refractivity contribution in [1.29, 1.82) is 0 Å². The van der Waals surface area contributed by atoms with Crippen molar-refractivity contribution in [2.24, 2.45) is 0 Å². The van der Waals surface area contributed by atoms with Gasteiger partial charge in [-0.2, -0.15) is 0 Å². The van der Waals surface area contributed by atoms with E-state index in [1.165, 1.54) is 11.6 Å². The molecule has 2 heterocycles. The highest BCUT2D eigenvalue weighted by molar-refractivity contribution is 6.31. The standard InChI is InChI=1S/C30H38ClFN4O2/c1-5-28(32)27(23(4)31)21-34(7-3)19-24-10-12-25(13-11-24)20-35-15-17-36(18-16-35)30-26(9-8-14-33-30)22-38-29(37)6-2/h5,8-14H,1,4,6-7,15-22H2,2-3H3/b28-27+. The number of benzene rings is 1. The molecule has 1 aliphatic rings. The molecule has 0 atom stereocenters. The van der Waals surface area contributed by atoms with Gasteiger partial charge in [0.05, 0.1) is 0 Å². The number of carbonyl (C=O) groups is 1. The first kappa shape index (κ1) is 29.6. The number of halogens is 2. The van der Waals surface area contributed by atoms with Gasteiger partial charge in [-0.15, -0.1) is 0 Å². The number of nitrogens with zero attached hydrogens (tertiary/aromatic N) is 4. The van der Waals surface area contributed by atoms with Crippen molar-refractivity contribution < 1.29 is 13.9 Å². The number of aromatic nitrogens is 1. The Morgan fingerprint density at radius 1 is 1.16 bits per heavy atom. The Balaban J connectivity index is 1.53. The smallest absolute Gasteiger partial charge is 0.305 e. The van der Waals surface area contributed by atoms with Crippen molar-refractivity contribution in [3.05, 3.63) is 95.0 Å². The van der Waals surface area contributed by atoms with E-state index in [1.807, 2.05) is 19.1 Å². The van der Waals surface area contributed by atoms with Crippen LogP contribution in [-0.2, 0) is 29.2 Å². The summed E-state index contributed by atoms with van der Waals surface area (Å²) in [6, 6.07) is 12.4. The number of likely N-dealkylation sites (N-methyl/N-ethyl adjacent to an activating group) is 1. The average molecular weight is 541 g/mol. The highest BCUT2D eigenvalue weighted by Crippen LogP contribution is 2.23. The number of hydrogen-bond donors (Lipinski definition) is 0. The van der Waals surface area contributed by atoms with Crippen molar-refractivity contribution >= 4 is 23.4 Å². The summed E-state index contributed by atoms with van der Waals surface area (Å²) in [4.78, 5) is 23.0. The van der Waals surface area contributed by atoms with Gasteiger partial charge in [-0.1, -0.05) is 68.9 Å². The molecular weight excluding hydrogens is 503 g/mol. The molecule has 1 fully saturated rings. The Morgan fingerprint density at radius 3 is 2.45 bits per heavy atom. The summed E-state index contributed by atoms with van der Waals surface area (Å²) in [5.41, 5.74) is 3.72. The Morgan fingerprint density at radius 2 is 1.84 bits per heavy atom. The minimum Gasteiger partial charge on any atom is -0.461 e. The molecule has 1 aromatic heterocycles. The largest absolute Gasteiger partial charge is 0.461 e. The van der Waals surface area contributed by atoms with E-state index in [1.54, 1.807) is 13.1 Å². The first-order chi connectivity index (χ1) is 18.3. The number of carbonyl (C=O) groups excluding carboxylic acids is 1. The maximum Gasteiger partial charge on any atom is 0.305 e. The quantitative estimate of drug-likeness (QED) is 0.235. The fourth-order valence-electron chi connectivity index (χ4n) is 4.39. The second-order valence-corrected chi connectivity index (χ2v) is 9.78. The summed E-state index contributed by atoms with van der Waals surface area (Å²) >= 11 is 6.02. The molecule has 1 saturated heterocycles. The third-order valence-electron chi connectivity index (χ3n) is 6.68. The maximum atomic E-state index is 14.1. The van der Waals surface area contributed by atoms with Gasteiger partial charge >= 0.3 is 5.97 Å². The molecule has 6 nitrogen and oxygen atoms in total. The summed E-state index contributed by atoms with van der Waals surface area (Å²) in [5.74, 6) is 0.255. The fraction of sp³-hybridized carbons (Fsp3) is 0.400. The van der Waals surface area contributed by atoms with Crippen LogP contribution >= 0.6 is 11.6 Å². The number of piperazine rings is 1. The SMILES string of the molecule is C=C/C(F)=C(/CN(CC)Cc1ccc(CN2CCN(c3ncccc3COC(=O)CC)CC2)cc1)C(=C)Cl. The van der Waals surface area contributed by atoms with E-state index in [2.05, 4.69) is 57.1 Å². The fourth-order valence-corrected chi connectivity index (χ4v) is 4.54. The van der Waals surface area contributed by atoms with Crippen LogP contribution in [0.2, 0.25) is 0 Å². The molecule has 0 unspecified atom stereocenters. The highest BCUT2D eigenvalue weighted by Gasteiger charge is 2.21. The first-order valence-electron chi connectivity index (χ1n) is 13.1. The number of ether oxygens (including phenoxy) is 1. The van der Waals surface area contributed by atoms with Crippen molar-refractivity contribution in [1.82, 2.24) is 14.8 Å². The lowest BCUT2D eigenvalue weighted by molar-refractivity contribution is -0.144. The molecule has 2 aromatic rings. The molecule has 8 heteroatoms. The Bertz CT molecular complexity index is 1130. The van der Waals surface area contributed by atoms with Gasteiger partial charge in [-0.3, -0.25) is 14.6 Å². The van der Waals surface area contributed by atoms with Gasteiger partial charge in [0.1, 0.15) is 18.3 Å². The summed E-state index contributed by atoms with van der Waals surface area (Å²) in [5, 5.41) is 0.204. The zero-order valence-electron chi connectivity index (χ0n) is 22.5. The van der Waals surface area contributed by atoms with Crippen LogP contribution < -0.4 is 4.90 Å². The number of allylic oxidation sites excluding steroid dienone is 2. The molecule has 0 bridgehead atoms. The molecule has 3 rings (SSSR count). The molecule has 0 radical (unpaired) electrons. The topological polar surface area (TPSA) is 48.9 Å². The van der Waals surface area contributed by atoms with Crippen molar-refractivity contribution in [3.63, 3.8) is 0 Å². The number of hydrogen-bond acceptors (Lipinski definition) is 6. The zero-order valence-corrected chi connectivity index (χ0v) is 23.2. The van der Waals surface area contributed by atoms with Crippen LogP contribution in [0.5, 0.6) is 0 Å². The second kappa shape index (κ2) is 14.8. The molecular formula is C30H38ClFN4O2. The van der Waals surface area contributed by atoms with Gasteiger partial charge in [0.2, 0.25) is 0 Å². The predicted octanol–water partition coefficient (Wildman–Crippen LogP) is 5.84. The molecule has 204 valence electrons. The number of esters is 1. The Labute approximate surface area is 231 Å². The van der Waals surface area contributed by atoms with Crippen LogP contribution in [0.4, 0.5) is 10.2 Å². The van der Waals surface area contributed by atoms with E-state index in [0.717, 1.165) is 56.2 Å². The third kappa shape index (κ3) is 8.51. The van der Waals surface area contributed by atoms with Crippen molar-refractivity contribution in [3.8, 4) is 0 Å². The van der Waals surface area contributed by atoms with E-state index in [4.69, 9.17) is 16.3 Å². The normalized spacial score (nSPS) is 14.8. The average Bonchev–Trinajstić information content (AvgIpc) is 2.94. The van der Waals surface area contributed by atoms with Crippen LogP contribution in [0.25, 0.3) is 0 Å². The number of pyridine rings is 1. The molecule has 1 aliphatic heterocycles. The van der Waals surface area contributed by atoms with Gasteiger partial charge in [-0.25, -0.2) is 9.37 Å². The zero-order chi connectivity index (χ0) is 27.5. The highest BCUT2D eigenvalue weighted by atomic mass is 35.5. The van der Waals surface area contributed by atoms with E-state index < -0.39 is 5.83 Å². The van der Waals surface area contributed by atoms with Crippen LogP contribution in [0.15, 0.2) is 78.3 Å². The molecule has 0 spiro atoms. The molecule has 0 N–H and O–H groups in total. The van der Waals surface area contributed by atoms with Gasteiger partial charge < -0.3 is 9.64 Å². The lowest BCUT2D eigenvalue weighted by atomic mass is 10.1. The Kier molecular flexibility index (Phi) is 11.5. The predicted molar refractivity (Wildman–Crippen MR) is 153 cm³/mol. The maximum absolute atomic E-state index is 14.1. The van der Waals surface area contributed by atoms with Gasteiger partial charge in [0.25, 0.3) is 0 Å². The molecule has 38 heavy (non-hydrogen) atoms. The number of rotatable bonds is 13. The van der Waals surface area contributed by atoms with E-state index in [9.17, 15) is 9.18 Å². The minimum absolute atomic E-state index is 0.204. The summed E-state index contributed by atoms with van der Waals surface area (Å²) in [7, 11) is 0. The molecule has 0 saturated carbocycles. The van der Waals surface area contributed by atoms with E-state index in [-0.39, 0.29) is 17.6 Å².